The minimum Gasteiger partial charge on any atom is -0.854 e. The molecule has 0 radical (unpaired) electrons. The Morgan fingerprint density at radius 3 is 2.60 bits per heavy atom. The van der Waals surface area contributed by atoms with Crippen molar-refractivity contribution in [2.75, 3.05) is 0 Å². The molecule has 0 spiro atoms. The van der Waals surface area contributed by atoms with Crippen LogP contribution in [0.1, 0.15) is 5.56 Å². The highest BCUT2D eigenvalue weighted by Gasteiger charge is 1.97. The topological polar surface area (TPSA) is 52.2 Å². The summed E-state index contributed by atoms with van der Waals surface area (Å²) in [5, 5.41) is 19.3. The predicted molar refractivity (Wildman–Crippen MR) is 52.8 cm³/mol. The third-order valence-corrected chi connectivity index (χ3v) is 1.82. The van der Waals surface area contributed by atoms with Gasteiger partial charge in [0.05, 0.1) is 16.9 Å². The van der Waals surface area contributed by atoms with Gasteiger partial charge in [0.1, 0.15) is 0 Å². The Labute approximate surface area is 87.1 Å². The van der Waals surface area contributed by atoms with Crippen LogP contribution in [-0.4, -0.2) is 11.0 Å². The summed E-state index contributed by atoms with van der Waals surface area (Å²) in [7, 11) is 0. The Morgan fingerprint density at radius 1 is 1.13 bits per heavy atom. The van der Waals surface area contributed by atoms with E-state index in [-0.39, 0.29) is 5.90 Å². The van der Waals surface area contributed by atoms with Gasteiger partial charge in [-0.25, -0.2) is 0 Å². The number of nitrogens with zero attached hydrogens (tertiary/aromatic N) is 3. The largest absolute Gasteiger partial charge is 0.854 e. The summed E-state index contributed by atoms with van der Waals surface area (Å²) in [6.07, 6.45) is 3.18. The fraction of sp³-hybridized carbons (Fsp3) is 0. The van der Waals surface area contributed by atoms with Gasteiger partial charge in [0.25, 0.3) is 0 Å². The first kappa shape index (κ1) is 9.33. The maximum atomic E-state index is 11.6. The predicted octanol–water partition coefficient (Wildman–Crippen LogP) is -0.0607. The normalized spacial score (nSPS) is 11.3. The lowest BCUT2D eigenvalue weighted by Gasteiger charge is -2.04. The van der Waals surface area contributed by atoms with Gasteiger partial charge in [-0.15, -0.1) is 0 Å². The summed E-state index contributed by atoms with van der Waals surface area (Å²) in [5.41, 5.74) is 0.552. The lowest BCUT2D eigenvalue weighted by Crippen LogP contribution is -2.36. The molecule has 0 amide bonds. The zero-order chi connectivity index (χ0) is 10.5. The minimum absolute atomic E-state index is 0.306. The van der Waals surface area contributed by atoms with Crippen molar-refractivity contribution >= 4 is 5.90 Å². The van der Waals surface area contributed by atoms with E-state index in [0.717, 1.165) is 0 Å². The summed E-state index contributed by atoms with van der Waals surface area (Å²) in [6.45, 7) is 0. The van der Waals surface area contributed by atoms with Crippen molar-refractivity contribution in [3.8, 4) is 0 Å². The molecular weight excluding hydrogens is 190 g/mol. The van der Waals surface area contributed by atoms with Crippen LogP contribution in [0.25, 0.3) is 0 Å². The number of aromatic nitrogens is 2. The first-order chi connectivity index (χ1) is 7.36. The smallest absolute Gasteiger partial charge is 0.233 e. The monoisotopic (exact) mass is 199 g/mol. The minimum atomic E-state index is -0.306. The molecule has 0 saturated heterocycles. The molecule has 0 N–H and O–H groups in total. The maximum absolute atomic E-state index is 11.6. The van der Waals surface area contributed by atoms with Crippen LogP contribution in [0, 0.1) is 0 Å². The molecule has 0 bridgehead atoms. The highest BCUT2D eigenvalue weighted by molar-refractivity contribution is 5.89. The summed E-state index contributed by atoms with van der Waals surface area (Å²) in [4.78, 5) is 1.25. The molecule has 1 heterocycles. The second-order valence-electron chi connectivity index (χ2n) is 2.89. The average Bonchev–Trinajstić information content (AvgIpc) is 2.31. The zero-order valence-electron chi connectivity index (χ0n) is 7.95. The van der Waals surface area contributed by atoms with Gasteiger partial charge in [0.2, 0.25) is 6.20 Å². The molecule has 74 valence electrons. The molecule has 4 nitrogen and oxygen atoms in total. The summed E-state index contributed by atoms with van der Waals surface area (Å²) >= 11 is 0. The van der Waals surface area contributed by atoms with Gasteiger partial charge in [-0.05, 0) is 11.6 Å². The molecule has 1 aromatic carbocycles. The fourth-order valence-electron chi connectivity index (χ4n) is 1.11. The first-order valence-corrected chi connectivity index (χ1v) is 4.50. The second-order valence-corrected chi connectivity index (χ2v) is 2.89. The highest BCUT2D eigenvalue weighted by atomic mass is 16.3. The molecule has 2 rings (SSSR count). The van der Waals surface area contributed by atoms with Crippen LogP contribution in [0.3, 0.4) is 0 Å². The third-order valence-electron chi connectivity index (χ3n) is 1.82. The Hall–Kier alpha value is -2.23. The van der Waals surface area contributed by atoms with E-state index < -0.39 is 0 Å². The van der Waals surface area contributed by atoms with E-state index in [2.05, 4.69) is 10.2 Å². The van der Waals surface area contributed by atoms with Gasteiger partial charge in [0, 0.05) is 16.3 Å². The molecule has 0 atom stereocenters. The van der Waals surface area contributed by atoms with Crippen molar-refractivity contribution in [1.82, 2.24) is 5.10 Å². The zero-order valence-corrected chi connectivity index (χ0v) is 7.95. The van der Waals surface area contributed by atoms with E-state index in [9.17, 15) is 5.11 Å². The van der Waals surface area contributed by atoms with Gasteiger partial charge in [-0.1, -0.05) is 30.3 Å². The van der Waals surface area contributed by atoms with Crippen LogP contribution in [0.4, 0.5) is 0 Å². The average molecular weight is 199 g/mol. The Balaban J connectivity index is 2.29. The SMILES string of the molecule is [O-]/C(=N\[n+]1ccccn1)c1ccccc1. The van der Waals surface area contributed by atoms with Crippen LogP contribution < -0.4 is 9.90 Å². The third kappa shape index (κ3) is 2.37. The van der Waals surface area contributed by atoms with Crippen LogP contribution in [0.2, 0.25) is 0 Å². The van der Waals surface area contributed by atoms with E-state index in [1.54, 1.807) is 48.8 Å². The Kier molecular flexibility index (Phi) is 2.69. The van der Waals surface area contributed by atoms with Crippen molar-refractivity contribution in [3.63, 3.8) is 0 Å². The second kappa shape index (κ2) is 4.32. The van der Waals surface area contributed by atoms with E-state index in [1.165, 1.54) is 4.79 Å². The lowest BCUT2D eigenvalue weighted by molar-refractivity contribution is -0.739. The number of hydrogen-bond donors (Lipinski definition) is 0. The van der Waals surface area contributed by atoms with Gasteiger partial charge in [-0.3, -0.25) is 0 Å². The van der Waals surface area contributed by atoms with Gasteiger partial charge >= 0.3 is 0 Å². The first-order valence-electron chi connectivity index (χ1n) is 4.50. The summed E-state index contributed by atoms with van der Waals surface area (Å²) in [6, 6.07) is 12.4. The van der Waals surface area contributed by atoms with Crippen molar-refractivity contribution in [2.45, 2.75) is 0 Å². The van der Waals surface area contributed by atoms with E-state index in [4.69, 9.17) is 0 Å². The van der Waals surface area contributed by atoms with Crippen molar-refractivity contribution in [1.29, 1.82) is 0 Å². The van der Waals surface area contributed by atoms with Crippen molar-refractivity contribution in [3.05, 3.63) is 60.4 Å². The molecule has 0 unspecified atom stereocenters. The fourth-order valence-corrected chi connectivity index (χ4v) is 1.11. The molecule has 0 aliphatic rings. The van der Waals surface area contributed by atoms with Gasteiger partial charge < -0.3 is 5.11 Å². The Bertz CT molecular complexity index is 454. The molecule has 4 heteroatoms. The quantitative estimate of drug-likeness (QED) is 0.386. The van der Waals surface area contributed by atoms with E-state index >= 15 is 0 Å². The molecule has 2 aromatic rings. The number of benzene rings is 1. The van der Waals surface area contributed by atoms with Crippen molar-refractivity contribution in [2.24, 2.45) is 5.10 Å². The van der Waals surface area contributed by atoms with Gasteiger partial charge in [0.15, 0.2) is 0 Å². The van der Waals surface area contributed by atoms with Crippen LogP contribution >= 0.6 is 0 Å². The molecule has 0 aliphatic carbocycles. The molecule has 0 aliphatic heterocycles. The number of hydrogen-bond acceptors (Lipinski definition) is 3. The maximum Gasteiger partial charge on any atom is 0.233 e. The molecule has 15 heavy (non-hydrogen) atoms. The van der Waals surface area contributed by atoms with Gasteiger partial charge in [-0.2, -0.15) is 0 Å². The molecular formula is C11H9N3O. The standard InChI is InChI=1S/C11H9N3O/c15-11(10-6-2-1-3-7-10)13-14-9-5-4-8-12-14/h1-9H. The van der Waals surface area contributed by atoms with E-state index in [1.807, 2.05) is 6.07 Å². The van der Waals surface area contributed by atoms with Crippen LogP contribution in [0.5, 0.6) is 0 Å². The summed E-state index contributed by atoms with van der Waals surface area (Å²) in [5.74, 6) is -0.306. The van der Waals surface area contributed by atoms with Crippen LogP contribution in [0.15, 0.2) is 60.0 Å². The molecule has 1 aromatic heterocycles. The van der Waals surface area contributed by atoms with E-state index in [0.29, 0.717) is 5.56 Å². The number of rotatable bonds is 2. The molecule has 0 fully saturated rings. The lowest BCUT2D eigenvalue weighted by atomic mass is 10.2. The highest BCUT2D eigenvalue weighted by Crippen LogP contribution is 1.96. The van der Waals surface area contributed by atoms with Crippen molar-refractivity contribution < 1.29 is 9.90 Å². The summed E-state index contributed by atoms with van der Waals surface area (Å²) < 4.78 is 0. The molecule has 0 saturated carbocycles. The van der Waals surface area contributed by atoms with Crippen LogP contribution in [-0.2, 0) is 0 Å². The Morgan fingerprint density at radius 2 is 1.93 bits per heavy atom.